The maximum atomic E-state index is 13.0. The molecule has 0 amide bonds. The average molecular weight is 293 g/mol. The minimum absolute atomic E-state index is 0.0589. The Kier molecular flexibility index (Phi) is 3.27. The summed E-state index contributed by atoms with van der Waals surface area (Å²) >= 11 is 0. The molecule has 0 atom stereocenters. The number of rotatable bonds is 2. The van der Waals surface area contributed by atoms with Gasteiger partial charge in [-0.2, -0.15) is 13.2 Å². The third kappa shape index (κ3) is 2.82. The summed E-state index contributed by atoms with van der Waals surface area (Å²) in [4.78, 5) is 0. The Bertz CT molecular complexity index is 680. The van der Waals surface area contributed by atoms with E-state index in [4.69, 9.17) is 10.5 Å². The molecule has 0 spiro atoms. The molecule has 0 heterocycles. The molecule has 2 N–H and O–H groups in total. The Morgan fingerprint density at radius 3 is 2.48 bits per heavy atom. The number of hydrogen-bond acceptors (Lipinski definition) is 2. The van der Waals surface area contributed by atoms with Crippen LogP contribution in [0.2, 0.25) is 0 Å². The van der Waals surface area contributed by atoms with Crippen LogP contribution < -0.4 is 10.5 Å². The molecule has 0 saturated heterocycles. The van der Waals surface area contributed by atoms with Crippen molar-refractivity contribution in [2.24, 2.45) is 0 Å². The monoisotopic (exact) mass is 293 g/mol. The minimum atomic E-state index is -4.50. The first kappa shape index (κ1) is 13.8. The Balaban J connectivity index is 1.95. The third-order valence-electron chi connectivity index (χ3n) is 3.61. The third-order valence-corrected chi connectivity index (χ3v) is 3.61. The van der Waals surface area contributed by atoms with Crippen molar-refractivity contribution < 1.29 is 17.9 Å². The Morgan fingerprint density at radius 1 is 0.952 bits per heavy atom. The molecule has 0 radical (unpaired) electrons. The highest BCUT2D eigenvalue weighted by molar-refractivity contribution is 5.51. The van der Waals surface area contributed by atoms with E-state index in [9.17, 15) is 13.2 Å². The van der Waals surface area contributed by atoms with Gasteiger partial charge in [-0.3, -0.25) is 0 Å². The molecule has 0 aliphatic heterocycles. The highest BCUT2D eigenvalue weighted by atomic mass is 19.4. The van der Waals surface area contributed by atoms with E-state index in [-0.39, 0.29) is 11.4 Å². The largest absolute Gasteiger partial charge is 0.457 e. The maximum absolute atomic E-state index is 13.0. The zero-order chi connectivity index (χ0) is 15.0. The number of fused-ring (bicyclic) bond motifs is 1. The van der Waals surface area contributed by atoms with Gasteiger partial charge in [0.1, 0.15) is 17.1 Å². The fraction of sp³-hybridized carbons (Fsp3) is 0.250. The van der Waals surface area contributed by atoms with E-state index in [0.717, 1.165) is 30.9 Å². The number of aryl methyl sites for hydroxylation is 2. The molecule has 2 aromatic rings. The van der Waals surface area contributed by atoms with Crippen LogP contribution in [0.15, 0.2) is 36.4 Å². The summed E-state index contributed by atoms with van der Waals surface area (Å²) in [7, 11) is 0. The standard InChI is InChI=1S/C16H14F3NO/c17-16(18,19)14-9-12(20)5-7-15(14)21-13-6-4-10-2-1-3-11(10)8-13/h4-9H,1-3,20H2. The van der Waals surface area contributed by atoms with Crippen molar-refractivity contribution in [3.05, 3.63) is 53.1 Å². The molecule has 2 nitrogen and oxygen atoms in total. The fourth-order valence-electron chi connectivity index (χ4n) is 2.60. The van der Waals surface area contributed by atoms with Gasteiger partial charge in [-0.1, -0.05) is 6.07 Å². The number of nitrogen functional groups attached to an aromatic ring is 1. The summed E-state index contributed by atoms with van der Waals surface area (Å²) < 4.78 is 44.5. The van der Waals surface area contributed by atoms with Gasteiger partial charge in [0.05, 0.1) is 0 Å². The molecule has 0 bridgehead atoms. The first-order valence-corrected chi connectivity index (χ1v) is 6.70. The van der Waals surface area contributed by atoms with E-state index in [1.54, 1.807) is 6.07 Å². The molecular formula is C16H14F3NO. The van der Waals surface area contributed by atoms with Gasteiger partial charge in [-0.25, -0.2) is 0 Å². The van der Waals surface area contributed by atoms with Gasteiger partial charge in [0.15, 0.2) is 0 Å². The topological polar surface area (TPSA) is 35.2 Å². The second kappa shape index (κ2) is 4.98. The van der Waals surface area contributed by atoms with Crippen molar-refractivity contribution >= 4 is 5.69 Å². The smallest absolute Gasteiger partial charge is 0.420 e. The van der Waals surface area contributed by atoms with E-state index in [1.165, 1.54) is 17.7 Å². The van der Waals surface area contributed by atoms with Crippen molar-refractivity contribution in [2.75, 3.05) is 5.73 Å². The van der Waals surface area contributed by atoms with E-state index < -0.39 is 11.7 Å². The summed E-state index contributed by atoms with van der Waals surface area (Å²) in [6.45, 7) is 0. The van der Waals surface area contributed by atoms with E-state index in [0.29, 0.717) is 5.75 Å². The van der Waals surface area contributed by atoms with Crippen LogP contribution in [0.1, 0.15) is 23.1 Å². The lowest BCUT2D eigenvalue weighted by atomic mass is 10.1. The maximum Gasteiger partial charge on any atom is 0.420 e. The van der Waals surface area contributed by atoms with Gasteiger partial charge < -0.3 is 10.5 Å². The molecule has 3 rings (SSSR count). The molecule has 2 aromatic carbocycles. The van der Waals surface area contributed by atoms with Crippen LogP contribution in [0.25, 0.3) is 0 Å². The normalized spacial score (nSPS) is 14.0. The molecule has 0 aromatic heterocycles. The number of alkyl halides is 3. The van der Waals surface area contributed by atoms with Crippen molar-refractivity contribution in [3.63, 3.8) is 0 Å². The molecule has 0 fully saturated rings. The van der Waals surface area contributed by atoms with Crippen molar-refractivity contribution in [1.29, 1.82) is 0 Å². The molecule has 5 heteroatoms. The molecule has 110 valence electrons. The first-order valence-electron chi connectivity index (χ1n) is 6.70. The number of halogens is 3. The Labute approximate surface area is 120 Å². The number of hydrogen-bond donors (Lipinski definition) is 1. The number of benzene rings is 2. The average Bonchev–Trinajstić information content (AvgIpc) is 2.87. The predicted octanol–water partition coefficient (Wildman–Crippen LogP) is 4.57. The van der Waals surface area contributed by atoms with Crippen LogP contribution in [0.3, 0.4) is 0 Å². The second-order valence-electron chi connectivity index (χ2n) is 5.14. The predicted molar refractivity (Wildman–Crippen MR) is 74.4 cm³/mol. The number of nitrogens with two attached hydrogens (primary N) is 1. The molecular weight excluding hydrogens is 279 g/mol. The fourth-order valence-corrected chi connectivity index (χ4v) is 2.60. The molecule has 1 aliphatic rings. The van der Waals surface area contributed by atoms with Gasteiger partial charge in [0.25, 0.3) is 0 Å². The van der Waals surface area contributed by atoms with Crippen LogP contribution in [0, 0.1) is 0 Å². The van der Waals surface area contributed by atoms with Crippen LogP contribution in [-0.2, 0) is 19.0 Å². The van der Waals surface area contributed by atoms with Crippen molar-refractivity contribution in [3.8, 4) is 11.5 Å². The van der Waals surface area contributed by atoms with Gasteiger partial charge in [-0.15, -0.1) is 0 Å². The lowest BCUT2D eigenvalue weighted by Crippen LogP contribution is -2.08. The van der Waals surface area contributed by atoms with Gasteiger partial charge >= 0.3 is 6.18 Å². The molecule has 0 saturated carbocycles. The summed E-state index contributed by atoms with van der Waals surface area (Å²) in [5.41, 5.74) is 7.03. The zero-order valence-corrected chi connectivity index (χ0v) is 11.2. The minimum Gasteiger partial charge on any atom is -0.457 e. The van der Waals surface area contributed by atoms with Gasteiger partial charge in [0.2, 0.25) is 0 Å². The van der Waals surface area contributed by atoms with E-state index >= 15 is 0 Å². The van der Waals surface area contributed by atoms with Gasteiger partial charge in [-0.05, 0) is 60.7 Å². The van der Waals surface area contributed by atoms with Crippen LogP contribution in [-0.4, -0.2) is 0 Å². The number of ether oxygens (including phenoxy) is 1. The highest BCUT2D eigenvalue weighted by Crippen LogP contribution is 2.39. The summed E-state index contributed by atoms with van der Waals surface area (Å²) in [5, 5.41) is 0. The zero-order valence-electron chi connectivity index (χ0n) is 11.2. The van der Waals surface area contributed by atoms with E-state index in [2.05, 4.69) is 0 Å². The first-order chi connectivity index (χ1) is 9.93. The van der Waals surface area contributed by atoms with E-state index in [1.807, 2.05) is 12.1 Å². The molecule has 1 aliphatic carbocycles. The van der Waals surface area contributed by atoms with Crippen LogP contribution in [0.4, 0.5) is 18.9 Å². The second-order valence-corrected chi connectivity index (χ2v) is 5.14. The summed E-state index contributed by atoms with van der Waals surface area (Å²) in [6.07, 6.45) is -1.46. The molecule has 0 unspecified atom stereocenters. The van der Waals surface area contributed by atoms with Crippen molar-refractivity contribution in [1.82, 2.24) is 0 Å². The lowest BCUT2D eigenvalue weighted by Gasteiger charge is -2.15. The van der Waals surface area contributed by atoms with Crippen LogP contribution >= 0.6 is 0 Å². The number of anilines is 1. The Morgan fingerprint density at radius 2 is 1.71 bits per heavy atom. The Hall–Kier alpha value is -2.17. The summed E-state index contributed by atoms with van der Waals surface area (Å²) in [5.74, 6) is 0.195. The quantitative estimate of drug-likeness (QED) is 0.823. The van der Waals surface area contributed by atoms with Crippen molar-refractivity contribution in [2.45, 2.75) is 25.4 Å². The highest BCUT2D eigenvalue weighted by Gasteiger charge is 2.34. The van der Waals surface area contributed by atoms with Gasteiger partial charge in [0, 0.05) is 5.69 Å². The molecule has 21 heavy (non-hydrogen) atoms. The van der Waals surface area contributed by atoms with Crippen LogP contribution in [0.5, 0.6) is 11.5 Å². The lowest BCUT2D eigenvalue weighted by molar-refractivity contribution is -0.138. The summed E-state index contributed by atoms with van der Waals surface area (Å²) in [6, 6.07) is 8.99. The SMILES string of the molecule is Nc1ccc(Oc2ccc3c(c2)CCC3)c(C(F)(F)F)c1.